The van der Waals surface area contributed by atoms with Crippen LogP contribution in [0.15, 0.2) is 48.5 Å². The molecule has 1 aliphatic rings. The molecule has 35 heavy (non-hydrogen) atoms. The monoisotopic (exact) mass is 478 g/mol. The Kier molecular flexibility index (Phi) is 7.92. The molecule has 2 aromatic carbocycles. The average molecular weight is 479 g/mol. The molecule has 188 valence electrons. The summed E-state index contributed by atoms with van der Waals surface area (Å²) in [4.78, 5) is 16.2. The SMILES string of the molecule is Cc1c(Cc2ccc(C(N)=O)cc2)c2ccccc2n1CCCCN1CCN(CC(C)(C)F)CC1. The lowest BCUT2D eigenvalue weighted by Gasteiger charge is -2.36. The largest absolute Gasteiger partial charge is 0.366 e. The standard InChI is InChI=1S/C29H39FN4O/c1-22-26(20-23-10-12-24(13-11-23)28(31)35)25-8-4-5-9-27(25)34(22)15-7-6-14-32-16-18-33(19-17-32)21-29(2,3)30/h4-5,8-13H,6-7,14-21H2,1-3H3,(H2,31,35). The molecular weight excluding hydrogens is 439 g/mol. The van der Waals surface area contributed by atoms with Crippen LogP contribution in [0.3, 0.4) is 0 Å². The maximum atomic E-state index is 13.9. The molecule has 2 heterocycles. The first-order valence-corrected chi connectivity index (χ1v) is 12.8. The quantitative estimate of drug-likeness (QED) is 0.427. The second-order valence-electron chi connectivity index (χ2n) is 10.5. The number of aromatic nitrogens is 1. The molecule has 6 heteroatoms. The fraction of sp³-hybridized carbons (Fsp3) is 0.483. The number of carbonyl (C=O) groups excluding carboxylic acids is 1. The van der Waals surface area contributed by atoms with E-state index in [4.69, 9.17) is 5.73 Å². The van der Waals surface area contributed by atoms with E-state index in [-0.39, 0.29) is 0 Å². The van der Waals surface area contributed by atoms with Gasteiger partial charge in [-0.25, -0.2) is 4.39 Å². The maximum Gasteiger partial charge on any atom is 0.248 e. The van der Waals surface area contributed by atoms with E-state index in [0.29, 0.717) is 12.1 Å². The topological polar surface area (TPSA) is 54.5 Å². The average Bonchev–Trinajstić information content (AvgIpc) is 3.08. The van der Waals surface area contributed by atoms with E-state index in [2.05, 4.69) is 45.6 Å². The molecule has 0 radical (unpaired) electrons. The van der Waals surface area contributed by atoms with Crippen molar-refractivity contribution < 1.29 is 9.18 Å². The molecule has 0 aliphatic carbocycles. The summed E-state index contributed by atoms with van der Waals surface area (Å²) in [6, 6.07) is 16.3. The number of rotatable bonds is 10. The van der Waals surface area contributed by atoms with Crippen LogP contribution in [-0.2, 0) is 13.0 Å². The lowest BCUT2D eigenvalue weighted by atomic mass is 10.0. The van der Waals surface area contributed by atoms with Crippen molar-refractivity contribution in [2.45, 2.75) is 52.2 Å². The summed E-state index contributed by atoms with van der Waals surface area (Å²) in [5.74, 6) is -0.394. The number of carbonyl (C=O) groups is 1. The van der Waals surface area contributed by atoms with Gasteiger partial charge in [0.2, 0.25) is 5.91 Å². The number of benzene rings is 2. The van der Waals surface area contributed by atoms with Crippen LogP contribution in [-0.4, -0.2) is 65.2 Å². The molecule has 0 spiro atoms. The molecule has 0 saturated carbocycles. The number of unbranched alkanes of at least 4 members (excludes halogenated alkanes) is 1. The summed E-state index contributed by atoms with van der Waals surface area (Å²) in [6.07, 6.45) is 3.12. The number of aryl methyl sites for hydroxylation is 1. The van der Waals surface area contributed by atoms with Gasteiger partial charge in [0.1, 0.15) is 5.67 Å². The van der Waals surface area contributed by atoms with E-state index in [1.54, 1.807) is 13.8 Å². The molecule has 3 aromatic rings. The van der Waals surface area contributed by atoms with Gasteiger partial charge in [0.25, 0.3) is 0 Å². The third kappa shape index (κ3) is 6.50. The Hall–Kier alpha value is -2.70. The minimum absolute atomic E-state index is 0.394. The van der Waals surface area contributed by atoms with E-state index in [9.17, 15) is 9.18 Å². The van der Waals surface area contributed by atoms with E-state index in [1.165, 1.54) is 27.7 Å². The number of alkyl halides is 1. The van der Waals surface area contributed by atoms with Crippen molar-refractivity contribution >= 4 is 16.8 Å². The second kappa shape index (κ2) is 10.9. The predicted molar refractivity (Wildman–Crippen MR) is 142 cm³/mol. The molecule has 0 atom stereocenters. The van der Waals surface area contributed by atoms with Gasteiger partial charge < -0.3 is 15.2 Å². The molecule has 0 unspecified atom stereocenters. The molecule has 1 aromatic heterocycles. The van der Waals surface area contributed by atoms with Crippen LogP contribution >= 0.6 is 0 Å². The Morgan fingerprint density at radius 1 is 0.943 bits per heavy atom. The summed E-state index contributed by atoms with van der Waals surface area (Å²) >= 11 is 0. The zero-order valence-electron chi connectivity index (χ0n) is 21.4. The second-order valence-corrected chi connectivity index (χ2v) is 10.5. The number of fused-ring (bicyclic) bond motifs is 1. The first-order valence-electron chi connectivity index (χ1n) is 12.8. The number of para-hydroxylation sites is 1. The number of nitrogens with zero attached hydrogens (tertiary/aromatic N) is 3. The van der Waals surface area contributed by atoms with Gasteiger partial charge in [0.05, 0.1) is 0 Å². The van der Waals surface area contributed by atoms with Crippen molar-refractivity contribution in [3.8, 4) is 0 Å². The summed E-state index contributed by atoms with van der Waals surface area (Å²) in [5.41, 5.74) is 9.94. The summed E-state index contributed by atoms with van der Waals surface area (Å²) in [5, 5.41) is 1.30. The Morgan fingerprint density at radius 2 is 1.57 bits per heavy atom. The highest BCUT2D eigenvalue weighted by Gasteiger charge is 2.24. The molecule has 5 nitrogen and oxygen atoms in total. The summed E-state index contributed by atoms with van der Waals surface area (Å²) < 4.78 is 16.4. The van der Waals surface area contributed by atoms with Crippen LogP contribution < -0.4 is 5.73 Å². The Bertz CT molecular complexity index is 1140. The number of hydrogen-bond acceptors (Lipinski definition) is 3. The van der Waals surface area contributed by atoms with E-state index in [0.717, 1.165) is 58.5 Å². The third-order valence-electron chi connectivity index (χ3n) is 7.15. The first kappa shape index (κ1) is 25.4. The minimum Gasteiger partial charge on any atom is -0.366 e. The summed E-state index contributed by atoms with van der Waals surface area (Å²) in [7, 11) is 0. The van der Waals surface area contributed by atoms with Gasteiger partial charge >= 0.3 is 0 Å². The van der Waals surface area contributed by atoms with Crippen molar-refractivity contribution in [1.29, 1.82) is 0 Å². The smallest absolute Gasteiger partial charge is 0.248 e. The zero-order valence-corrected chi connectivity index (χ0v) is 21.4. The normalized spacial score (nSPS) is 15.7. The Labute approximate surface area is 208 Å². The number of hydrogen-bond donors (Lipinski definition) is 1. The van der Waals surface area contributed by atoms with Crippen LogP contribution in [0.2, 0.25) is 0 Å². The minimum atomic E-state index is -1.12. The molecule has 0 bridgehead atoms. The van der Waals surface area contributed by atoms with Crippen LogP contribution in [0.5, 0.6) is 0 Å². The third-order valence-corrected chi connectivity index (χ3v) is 7.15. The van der Waals surface area contributed by atoms with Crippen LogP contribution in [0.25, 0.3) is 10.9 Å². The zero-order chi connectivity index (χ0) is 25.0. The maximum absolute atomic E-state index is 13.9. The van der Waals surface area contributed by atoms with Gasteiger partial charge in [-0.15, -0.1) is 0 Å². The lowest BCUT2D eigenvalue weighted by Crippen LogP contribution is -2.49. The number of piperazine rings is 1. The molecule has 1 amide bonds. The predicted octanol–water partition coefficient (Wildman–Crippen LogP) is 4.79. The van der Waals surface area contributed by atoms with Gasteiger partial charge in [0, 0.05) is 61.4 Å². The van der Waals surface area contributed by atoms with Crippen molar-refractivity contribution in [3.63, 3.8) is 0 Å². The molecule has 4 rings (SSSR count). The van der Waals surface area contributed by atoms with Gasteiger partial charge in [-0.1, -0.05) is 30.3 Å². The Morgan fingerprint density at radius 3 is 2.23 bits per heavy atom. The number of nitrogens with two attached hydrogens (primary N) is 1. The van der Waals surface area contributed by atoms with Gasteiger partial charge in [-0.3, -0.25) is 9.69 Å². The van der Waals surface area contributed by atoms with Crippen LogP contribution in [0.1, 0.15) is 53.9 Å². The van der Waals surface area contributed by atoms with Crippen molar-refractivity contribution in [3.05, 3.63) is 70.9 Å². The van der Waals surface area contributed by atoms with Gasteiger partial charge in [0.15, 0.2) is 0 Å². The molecule has 1 saturated heterocycles. The van der Waals surface area contributed by atoms with Crippen molar-refractivity contribution in [2.75, 3.05) is 39.3 Å². The van der Waals surface area contributed by atoms with Crippen LogP contribution in [0.4, 0.5) is 4.39 Å². The van der Waals surface area contributed by atoms with Crippen molar-refractivity contribution in [1.82, 2.24) is 14.4 Å². The fourth-order valence-corrected chi connectivity index (χ4v) is 5.31. The Balaban J connectivity index is 1.35. The first-order chi connectivity index (χ1) is 16.7. The molecule has 1 aliphatic heterocycles. The highest BCUT2D eigenvalue weighted by Crippen LogP contribution is 2.28. The van der Waals surface area contributed by atoms with Gasteiger partial charge in [-0.2, -0.15) is 0 Å². The summed E-state index contributed by atoms with van der Waals surface area (Å²) in [6.45, 7) is 12.1. The van der Waals surface area contributed by atoms with Gasteiger partial charge in [-0.05, 0) is 75.9 Å². The van der Waals surface area contributed by atoms with E-state index < -0.39 is 11.6 Å². The highest BCUT2D eigenvalue weighted by atomic mass is 19.1. The highest BCUT2D eigenvalue weighted by molar-refractivity contribution is 5.92. The molecule has 2 N–H and O–H groups in total. The number of primary amides is 1. The van der Waals surface area contributed by atoms with Crippen LogP contribution in [0, 0.1) is 6.92 Å². The lowest BCUT2D eigenvalue weighted by molar-refractivity contribution is 0.0753. The van der Waals surface area contributed by atoms with E-state index in [1.807, 2.05) is 24.3 Å². The van der Waals surface area contributed by atoms with E-state index >= 15 is 0 Å². The fourth-order valence-electron chi connectivity index (χ4n) is 5.31. The molecular formula is C29H39FN4O. The van der Waals surface area contributed by atoms with Crippen molar-refractivity contribution in [2.24, 2.45) is 5.73 Å². The molecule has 1 fully saturated rings. The number of halogens is 1. The number of amides is 1.